The number of anilines is 1. The van der Waals surface area contributed by atoms with Crippen molar-refractivity contribution in [3.05, 3.63) is 40.6 Å². The molecule has 1 aromatic heterocycles. The lowest BCUT2D eigenvalue weighted by molar-refractivity contribution is 0.244. The molecule has 7 heteroatoms. The van der Waals surface area contributed by atoms with Crippen molar-refractivity contribution in [2.24, 2.45) is 0 Å². The van der Waals surface area contributed by atoms with E-state index in [1.807, 2.05) is 30.3 Å². The number of aromatic nitrogens is 2. The Morgan fingerprint density at radius 2 is 1.62 bits per heavy atom. The topological polar surface area (TPSA) is 66.9 Å². The number of nitrogens with zero attached hydrogens (tertiary/aromatic N) is 2. The van der Waals surface area contributed by atoms with Gasteiger partial charge in [0.25, 0.3) is 0 Å². The average molecular weight is 365 g/mol. The predicted octanol–water partition coefficient (Wildman–Crippen LogP) is 4.90. The molecular weight excluding hydrogens is 347 g/mol. The van der Waals surface area contributed by atoms with Gasteiger partial charge in [0.15, 0.2) is 16.1 Å². The van der Waals surface area contributed by atoms with Crippen molar-refractivity contribution >= 4 is 34.9 Å². The summed E-state index contributed by atoms with van der Waals surface area (Å²) in [5.74, 6) is 0.420. The highest BCUT2D eigenvalue weighted by atomic mass is 35.5. The maximum atomic E-state index is 12.1. The van der Waals surface area contributed by atoms with Gasteiger partial charge in [0, 0.05) is 11.6 Å². The molecule has 2 N–H and O–H groups in total. The van der Waals surface area contributed by atoms with E-state index in [-0.39, 0.29) is 28.1 Å². The van der Waals surface area contributed by atoms with Gasteiger partial charge in [-0.1, -0.05) is 72.8 Å². The number of carbonyl (C=O) groups is 1. The molecule has 1 aliphatic rings. The summed E-state index contributed by atoms with van der Waals surface area (Å²) in [5, 5.41) is 5.85. The van der Waals surface area contributed by atoms with Gasteiger partial charge in [-0.25, -0.2) is 14.8 Å². The Morgan fingerprint density at radius 3 is 2.25 bits per heavy atom. The van der Waals surface area contributed by atoms with Gasteiger partial charge in [-0.3, -0.25) is 0 Å². The Kier molecular flexibility index (Phi) is 5.53. The number of halogens is 2. The van der Waals surface area contributed by atoms with Crippen LogP contribution in [-0.2, 0) is 0 Å². The van der Waals surface area contributed by atoms with Crippen LogP contribution in [0.4, 0.5) is 10.5 Å². The van der Waals surface area contributed by atoms with E-state index in [1.165, 1.54) is 6.42 Å². The largest absolute Gasteiger partial charge is 0.335 e. The predicted molar refractivity (Wildman–Crippen MR) is 96.5 cm³/mol. The van der Waals surface area contributed by atoms with Crippen LogP contribution in [0.25, 0.3) is 11.4 Å². The van der Waals surface area contributed by atoms with Gasteiger partial charge in [-0.15, -0.1) is 0 Å². The molecule has 5 nitrogen and oxygen atoms in total. The number of amides is 2. The summed E-state index contributed by atoms with van der Waals surface area (Å²) in [5.41, 5.74) is 1.03. The number of rotatable bonds is 3. The van der Waals surface area contributed by atoms with Crippen LogP contribution in [-0.4, -0.2) is 22.0 Å². The van der Waals surface area contributed by atoms with Gasteiger partial charge in [-0.05, 0) is 12.8 Å². The Bertz CT molecular complexity index is 695. The molecule has 0 bridgehead atoms. The van der Waals surface area contributed by atoms with Crippen LogP contribution in [0.15, 0.2) is 30.3 Å². The summed E-state index contributed by atoms with van der Waals surface area (Å²) in [6, 6.07) is 9.25. The minimum absolute atomic E-state index is 0.118. The first-order chi connectivity index (χ1) is 11.6. The lowest BCUT2D eigenvalue weighted by Crippen LogP contribution is -2.39. The molecule has 2 aromatic rings. The van der Waals surface area contributed by atoms with Crippen molar-refractivity contribution < 1.29 is 4.79 Å². The SMILES string of the molecule is O=C(Nc1c(Cl)nc(-c2ccccc2)nc1Cl)NC1CCCCC1. The van der Waals surface area contributed by atoms with Gasteiger partial charge < -0.3 is 10.6 Å². The molecule has 2 amide bonds. The zero-order valence-corrected chi connectivity index (χ0v) is 14.6. The standard InChI is InChI=1S/C17H18Cl2N4O/c18-14-13(21-17(24)20-12-9-5-2-6-10-12)15(19)23-16(22-14)11-7-3-1-4-8-11/h1,3-4,7-8,12H,2,5-6,9-10H2,(H2,20,21,24). The monoisotopic (exact) mass is 364 g/mol. The Hall–Kier alpha value is -1.85. The Labute approximate surface area is 150 Å². The van der Waals surface area contributed by atoms with Crippen molar-refractivity contribution in [3.63, 3.8) is 0 Å². The molecular formula is C17H18Cl2N4O. The fourth-order valence-corrected chi connectivity index (χ4v) is 3.29. The molecule has 1 aliphatic carbocycles. The van der Waals surface area contributed by atoms with E-state index in [0.29, 0.717) is 5.82 Å². The third kappa shape index (κ3) is 4.16. The Balaban J connectivity index is 1.73. The molecule has 0 atom stereocenters. The highest BCUT2D eigenvalue weighted by Gasteiger charge is 2.19. The maximum Gasteiger partial charge on any atom is 0.319 e. The van der Waals surface area contributed by atoms with Crippen LogP contribution in [0.5, 0.6) is 0 Å². The molecule has 0 radical (unpaired) electrons. The third-order valence-corrected chi connectivity index (χ3v) is 4.58. The van der Waals surface area contributed by atoms with E-state index in [0.717, 1.165) is 31.2 Å². The van der Waals surface area contributed by atoms with Crippen molar-refractivity contribution in [2.45, 2.75) is 38.1 Å². The second-order valence-electron chi connectivity index (χ2n) is 5.80. The lowest BCUT2D eigenvalue weighted by atomic mass is 9.96. The lowest BCUT2D eigenvalue weighted by Gasteiger charge is -2.23. The number of hydrogen-bond acceptors (Lipinski definition) is 3. The molecule has 0 unspecified atom stereocenters. The minimum atomic E-state index is -0.332. The summed E-state index contributed by atoms with van der Waals surface area (Å²) in [6.45, 7) is 0. The van der Waals surface area contributed by atoms with Gasteiger partial charge in [0.05, 0.1) is 0 Å². The zero-order chi connectivity index (χ0) is 16.9. The second kappa shape index (κ2) is 7.81. The molecule has 0 saturated heterocycles. The van der Waals surface area contributed by atoms with E-state index in [2.05, 4.69) is 20.6 Å². The second-order valence-corrected chi connectivity index (χ2v) is 6.52. The first-order valence-electron chi connectivity index (χ1n) is 7.99. The Morgan fingerprint density at radius 1 is 1.00 bits per heavy atom. The van der Waals surface area contributed by atoms with Crippen LogP contribution in [0, 0.1) is 0 Å². The summed E-state index contributed by atoms with van der Waals surface area (Å²) in [7, 11) is 0. The van der Waals surface area contributed by atoms with Gasteiger partial charge in [-0.2, -0.15) is 0 Å². The van der Waals surface area contributed by atoms with Gasteiger partial charge in [0.1, 0.15) is 5.69 Å². The molecule has 24 heavy (non-hydrogen) atoms. The highest BCUT2D eigenvalue weighted by molar-refractivity contribution is 6.38. The fraction of sp³-hybridized carbons (Fsp3) is 0.353. The van der Waals surface area contributed by atoms with Crippen LogP contribution in [0.2, 0.25) is 10.3 Å². The minimum Gasteiger partial charge on any atom is -0.335 e. The van der Waals surface area contributed by atoms with Gasteiger partial charge >= 0.3 is 6.03 Å². The molecule has 1 fully saturated rings. The summed E-state index contributed by atoms with van der Waals surface area (Å²) in [6.07, 6.45) is 5.51. The average Bonchev–Trinajstić information content (AvgIpc) is 2.59. The number of urea groups is 1. The molecule has 1 saturated carbocycles. The number of benzene rings is 1. The normalized spacial score (nSPS) is 15.1. The summed E-state index contributed by atoms with van der Waals surface area (Å²) < 4.78 is 0. The van der Waals surface area contributed by atoms with Crippen LogP contribution in [0.3, 0.4) is 0 Å². The van der Waals surface area contributed by atoms with Crippen molar-refractivity contribution in [2.75, 3.05) is 5.32 Å². The molecule has 3 rings (SSSR count). The van der Waals surface area contributed by atoms with E-state index >= 15 is 0 Å². The van der Waals surface area contributed by atoms with Crippen LogP contribution >= 0.6 is 23.2 Å². The maximum absolute atomic E-state index is 12.1. The quantitative estimate of drug-likeness (QED) is 0.760. The summed E-state index contributed by atoms with van der Waals surface area (Å²) in [4.78, 5) is 20.6. The van der Waals surface area contributed by atoms with E-state index in [9.17, 15) is 4.79 Å². The summed E-state index contributed by atoms with van der Waals surface area (Å²) >= 11 is 12.4. The third-order valence-electron chi connectivity index (χ3n) is 4.03. The van der Waals surface area contributed by atoms with Crippen molar-refractivity contribution in [1.82, 2.24) is 15.3 Å². The fourth-order valence-electron chi connectivity index (χ4n) is 2.81. The molecule has 1 aromatic carbocycles. The molecule has 0 spiro atoms. The number of carbonyl (C=O) groups excluding carboxylic acids is 1. The first kappa shape index (κ1) is 17.0. The molecule has 1 heterocycles. The smallest absolute Gasteiger partial charge is 0.319 e. The zero-order valence-electron chi connectivity index (χ0n) is 13.1. The van der Waals surface area contributed by atoms with Crippen LogP contribution < -0.4 is 10.6 Å². The van der Waals surface area contributed by atoms with Crippen LogP contribution in [0.1, 0.15) is 32.1 Å². The van der Waals surface area contributed by atoms with Gasteiger partial charge in [0.2, 0.25) is 0 Å². The van der Waals surface area contributed by atoms with E-state index < -0.39 is 0 Å². The highest BCUT2D eigenvalue weighted by Crippen LogP contribution is 2.30. The van der Waals surface area contributed by atoms with Crippen molar-refractivity contribution in [1.29, 1.82) is 0 Å². The molecule has 0 aliphatic heterocycles. The first-order valence-corrected chi connectivity index (χ1v) is 8.75. The number of hydrogen-bond donors (Lipinski definition) is 2. The number of nitrogens with one attached hydrogen (secondary N) is 2. The van der Waals surface area contributed by atoms with E-state index in [1.54, 1.807) is 0 Å². The molecule has 126 valence electrons. The van der Waals surface area contributed by atoms with E-state index in [4.69, 9.17) is 23.2 Å². The van der Waals surface area contributed by atoms with Crippen molar-refractivity contribution in [3.8, 4) is 11.4 Å².